The molecule has 0 aliphatic rings. The molecule has 0 saturated carbocycles. The van der Waals surface area contributed by atoms with Gasteiger partial charge >= 0.3 is 0 Å². The summed E-state index contributed by atoms with van der Waals surface area (Å²) in [6, 6.07) is 4.65. The molecule has 1 rings (SSSR count). The van der Waals surface area contributed by atoms with Crippen molar-refractivity contribution in [3.63, 3.8) is 0 Å². The van der Waals surface area contributed by atoms with E-state index in [2.05, 4.69) is 32.9 Å². The summed E-state index contributed by atoms with van der Waals surface area (Å²) in [7, 11) is 0. The average molecular weight is 682 g/mol. The zero-order valence-corrected chi connectivity index (χ0v) is 34.1. The number of hydrogen-bond acceptors (Lipinski definition) is 0. The highest BCUT2D eigenvalue weighted by Gasteiger charge is 2.12. The quantitative estimate of drug-likeness (QED) is 0.0616. The fourth-order valence-corrected chi connectivity index (χ4v) is 7.83. The average Bonchev–Trinajstić information content (AvgIpc) is 3.11. The van der Waals surface area contributed by atoms with Crippen LogP contribution in [-0.4, -0.2) is 0 Å². The first kappa shape index (κ1) is 46.0. The summed E-state index contributed by atoms with van der Waals surface area (Å²) in [5.41, 5.74) is 3.72. The largest absolute Gasteiger partial charge is 0.289 e. The van der Waals surface area contributed by atoms with Crippen molar-refractivity contribution < 1.29 is 5.11 Å². The van der Waals surface area contributed by atoms with Crippen molar-refractivity contribution in [2.75, 3.05) is 0 Å². The van der Waals surface area contributed by atoms with Gasteiger partial charge in [0.1, 0.15) is 0 Å². The van der Waals surface area contributed by atoms with E-state index in [9.17, 15) is 5.11 Å². The summed E-state index contributed by atoms with van der Waals surface area (Å²) in [5.74, 6) is 0.391. The minimum Gasteiger partial charge on any atom is -0.289 e. The third-order valence-corrected chi connectivity index (χ3v) is 11.2. The predicted molar refractivity (Wildman–Crippen MR) is 221 cm³/mol. The third kappa shape index (κ3) is 29.3. The van der Waals surface area contributed by atoms with Gasteiger partial charge in [-0.1, -0.05) is 245 Å². The number of rotatable bonds is 39. The Hall–Kier alpha value is -0.980. The van der Waals surface area contributed by atoms with Gasteiger partial charge in [0.2, 0.25) is 0 Å². The first-order valence-corrected chi connectivity index (χ1v) is 23.0. The number of hydrogen-bond donors (Lipinski definition) is 0. The number of unbranched alkanes of at least 4 members (excludes halogenated alkanes) is 33. The van der Waals surface area contributed by atoms with Crippen LogP contribution in [0.15, 0.2) is 12.1 Å². The number of aryl methyl sites for hydroxylation is 3. The second kappa shape index (κ2) is 36.8. The van der Waals surface area contributed by atoms with Crippen LogP contribution in [0.4, 0.5) is 0 Å². The molecule has 0 aliphatic carbocycles. The van der Waals surface area contributed by atoms with Crippen LogP contribution in [0.3, 0.4) is 0 Å². The number of benzene rings is 1. The van der Waals surface area contributed by atoms with Crippen LogP contribution >= 0.6 is 0 Å². The molecule has 287 valence electrons. The lowest BCUT2D eigenvalue weighted by molar-refractivity contribution is 0.343. The SMILES string of the molecule is CCCCCCCCCCCCCCCCCCc1cc(CCCCCCCCCCCC)c([O])c(CCCCCCCCCCCC)c1. The van der Waals surface area contributed by atoms with E-state index in [4.69, 9.17) is 0 Å². The minimum absolute atomic E-state index is 0.391. The summed E-state index contributed by atoms with van der Waals surface area (Å²) >= 11 is 0. The van der Waals surface area contributed by atoms with Gasteiger partial charge in [-0.25, -0.2) is 0 Å². The summed E-state index contributed by atoms with van der Waals surface area (Å²) < 4.78 is 0. The maximum Gasteiger partial charge on any atom is 0.185 e. The van der Waals surface area contributed by atoms with Gasteiger partial charge in [0.15, 0.2) is 5.75 Å². The highest BCUT2D eigenvalue weighted by molar-refractivity contribution is 5.44. The second-order valence-corrected chi connectivity index (χ2v) is 16.2. The zero-order valence-electron chi connectivity index (χ0n) is 34.1. The van der Waals surface area contributed by atoms with Crippen molar-refractivity contribution in [1.82, 2.24) is 0 Å². The molecule has 1 nitrogen and oxygen atoms in total. The van der Waals surface area contributed by atoms with Crippen LogP contribution in [0.1, 0.15) is 269 Å². The van der Waals surface area contributed by atoms with Gasteiger partial charge in [0, 0.05) is 11.1 Å². The van der Waals surface area contributed by atoms with Gasteiger partial charge in [0.25, 0.3) is 0 Å². The Morgan fingerprint density at radius 1 is 0.286 bits per heavy atom. The summed E-state index contributed by atoms with van der Waals surface area (Å²) in [4.78, 5) is 0. The molecule has 0 N–H and O–H groups in total. The summed E-state index contributed by atoms with van der Waals surface area (Å²) in [5, 5.41) is 13.5. The molecule has 0 aliphatic heterocycles. The van der Waals surface area contributed by atoms with E-state index in [1.165, 1.54) is 237 Å². The zero-order chi connectivity index (χ0) is 35.3. The van der Waals surface area contributed by atoms with Gasteiger partial charge in [-0.15, -0.1) is 0 Å². The lowest BCUT2D eigenvalue weighted by Crippen LogP contribution is -1.97. The molecule has 0 heterocycles. The first-order chi connectivity index (χ1) is 24.2. The van der Waals surface area contributed by atoms with Crippen molar-refractivity contribution in [3.05, 3.63) is 28.8 Å². The summed E-state index contributed by atoms with van der Waals surface area (Å²) in [6.07, 6.45) is 53.0. The van der Waals surface area contributed by atoms with Crippen LogP contribution in [0.2, 0.25) is 0 Å². The molecular formula is C48H89O. The van der Waals surface area contributed by atoms with Crippen LogP contribution in [0.5, 0.6) is 5.75 Å². The van der Waals surface area contributed by atoms with Crippen LogP contribution in [0.25, 0.3) is 0 Å². The molecule has 0 amide bonds. The molecule has 0 fully saturated rings. The van der Waals surface area contributed by atoms with E-state index in [0.717, 1.165) is 30.4 Å². The fraction of sp³-hybridized carbons (Fsp3) is 0.875. The van der Waals surface area contributed by atoms with Gasteiger partial charge in [-0.3, -0.25) is 5.11 Å². The minimum atomic E-state index is 0.391. The van der Waals surface area contributed by atoms with E-state index in [1.807, 2.05) is 0 Å². The molecule has 49 heavy (non-hydrogen) atoms. The molecule has 0 aromatic heterocycles. The molecule has 0 saturated heterocycles. The molecule has 0 atom stereocenters. The fourth-order valence-electron chi connectivity index (χ4n) is 7.83. The third-order valence-electron chi connectivity index (χ3n) is 11.2. The van der Waals surface area contributed by atoms with Crippen molar-refractivity contribution >= 4 is 0 Å². The first-order valence-electron chi connectivity index (χ1n) is 23.0. The van der Waals surface area contributed by atoms with E-state index in [1.54, 1.807) is 0 Å². The Bertz CT molecular complexity index is 751. The lowest BCUT2D eigenvalue weighted by Gasteiger charge is -2.12. The van der Waals surface area contributed by atoms with Crippen LogP contribution in [0, 0.1) is 0 Å². The van der Waals surface area contributed by atoms with Gasteiger partial charge in [0.05, 0.1) is 0 Å². The van der Waals surface area contributed by atoms with E-state index >= 15 is 0 Å². The maximum atomic E-state index is 13.5. The van der Waals surface area contributed by atoms with E-state index in [-0.39, 0.29) is 0 Å². The molecule has 1 radical (unpaired) electrons. The Morgan fingerprint density at radius 2 is 0.490 bits per heavy atom. The highest BCUT2D eigenvalue weighted by Crippen LogP contribution is 2.30. The standard InChI is InChI=1S/C48H89O/c1-4-7-10-13-16-19-22-23-24-25-26-27-28-31-34-37-40-45-43-46(41-38-35-32-29-20-17-14-11-8-5-2)48(49)47(44-45)42-39-36-33-30-21-18-15-12-9-6-3/h43-44H,4-42H2,1-3H3. The topological polar surface area (TPSA) is 19.9 Å². The monoisotopic (exact) mass is 682 g/mol. The predicted octanol–water partition coefficient (Wildman–Crippen LogP) is 17.6. The van der Waals surface area contributed by atoms with Crippen LogP contribution < -0.4 is 0 Å². The van der Waals surface area contributed by atoms with Crippen LogP contribution in [-0.2, 0) is 24.4 Å². The van der Waals surface area contributed by atoms with Crippen molar-refractivity contribution in [2.24, 2.45) is 0 Å². The van der Waals surface area contributed by atoms with Gasteiger partial charge in [-0.05, 0) is 44.1 Å². The Kier molecular flexibility index (Phi) is 34.6. The maximum absolute atomic E-state index is 13.5. The molecule has 0 spiro atoms. The molecule has 0 bridgehead atoms. The highest BCUT2D eigenvalue weighted by atomic mass is 16.3. The normalized spacial score (nSPS) is 11.6. The summed E-state index contributed by atoms with van der Waals surface area (Å²) in [6.45, 7) is 6.90. The molecule has 0 unspecified atom stereocenters. The van der Waals surface area contributed by atoms with Crippen molar-refractivity contribution in [3.8, 4) is 5.75 Å². The Labute approximate surface area is 310 Å². The van der Waals surface area contributed by atoms with Crippen molar-refractivity contribution in [2.45, 2.75) is 271 Å². The smallest absolute Gasteiger partial charge is 0.185 e. The second-order valence-electron chi connectivity index (χ2n) is 16.2. The molecule has 1 aromatic rings. The Morgan fingerprint density at radius 3 is 0.735 bits per heavy atom. The van der Waals surface area contributed by atoms with Gasteiger partial charge < -0.3 is 0 Å². The molecular weight excluding hydrogens is 593 g/mol. The molecule has 1 heteroatoms. The van der Waals surface area contributed by atoms with E-state index < -0.39 is 0 Å². The molecule has 1 aromatic carbocycles. The van der Waals surface area contributed by atoms with Gasteiger partial charge in [-0.2, -0.15) is 0 Å². The lowest BCUT2D eigenvalue weighted by atomic mass is 9.93. The Balaban J connectivity index is 2.35. The van der Waals surface area contributed by atoms with Crippen molar-refractivity contribution in [1.29, 1.82) is 0 Å². The van der Waals surface area contributed by atoms with E-state index in [0.29, 0.717) is 5.75 Å².